The summed E-state index contributed by atoms with van der Waals surface area (Å²) in [7, 11) is 5.51. The van der Waals surface area contributed by atoms with Crippen LogP contribution >= 0.6 is 0 Å². The van der Waals surface area contributed by atoms with Gasteiger partial charge in [-0.1, -0.05) is 11.5 Å². The van der Waals surface area contributed by atoms with Crippen molar-refractivity contribution in [1.29, 1.82) is 0 Å². The van der Waals surface area contributed by atoms with Crippen LogP contribution in [0.1, 0.15) is 19.9 Å². The van der Waals surface area contributed by atoms with E-state index in [1.807, 2.05) is 13.8 Å². The van der Waals surface area contributed by atoms with E-state index in [0.29, 0.717) is 5.46 Å². The maximum atomic E-state index is 11.1. The third kappa shape index (κ3) is 1.73. The zero-order chi connectivity index (χ0) is 8.43. The summed E-state index contributed by atoms with van der Waals surface area (Å²) in [5.74, 6) is 0. The predicted molar refractivity (Wildman–Crippen MR) is 46.5 cm³/mol. The van der Waals surface area contributed by atoms with Crippen LogP contribution in [0, 0.1) is 0 Å². The van der Waals surface area contributed by atoms with E-state index >= 15 is 0 Å². The van der Waals surface area contributed by atoms with Crippen molar-refractivity contribution in [3.63, 3.8) is 0 Å². The van der Waals surface area contributed by atoms with Crippen LogP contribution in [0.4, 0.5) is 0 Å². The van der Waals surface area contributed by atoms with Crippen molar-refractivity contribution < 1.29 is 0 Å². The molecule has 0 N–H and O–H groups in total. The molecule has 1 aromatic rings. The van der Waals surface area contributed by atoms with Gasteiger partial charge < -0.3 is 4.57 Å². The molecule has 1 heterocycles. The van der Waals surface area contributed by atoms with E-state index < -0.39 is 0 Å². The van der Waals surface area contributed by atoms with Gasteiger partial charge in [-0.05, 0) is 13.8 Å². The summed E-state index contributed by atoms with van der Waals surface area (Å²) in [6.45, 7) is 3.89. The number of hydrogen-bond donors (Lipinski definition) is 0. The lowest BCUT2D eigenvalue weighted by Crippen LogP contribution is -2.24. The lowest BCUT2D eigenvalue weighted by molar-refractivity contribution is 0.580. The van der Waals surface area contributed by atoms with E-state index in [-0.39, 0.29) is 11.6 Å². The minimum absolute atomic E-state index is 0.00537. The molecule has 0 aliphatic heterocycles. The van der Waals surface area contributed by atoms with Gasteiger partial charge in [-0.2, -0.15) is 0 Å². The summed E-state index contributed by atoms with van der Waals surface area (Å²) in [6.07, 6.45) is 1.66. The smallest absolute Gasteiger partial charge is 0.250 e. The quantitative estimate of drug-likeness (QED) is 0.521. The fourth-order valence-electron chi connectivity index (χ4n) is 0.924. The molecule has 2 nitrogen and oxygen atoms in total. The monoisotopic (exact) mass is 147 g/mol. The Balaban J connectivity index is 3.24. The predicted octanol–water partition coefficient (Wildman–Crippen LogP) is 0.223. The van der Waals surface area contributed by atoms with Crippen molar-refractivity contribution in [1.82, 2.24) is 4.57 Å². The van der Waals surface area contributed by atoms with E-state index in [9.17, 15) is 4.79 Å². The molecule has 0 aliphatic carbocycles. The maximum Gasteiger partial charge on any atom is 0.250 e. The highest BCUT2D eigenvalue weighted by molar-refractivity contribution is 6.32. The molecule has 0 fully saturated rings. The Morgan fingerprint density at radius 2 is 2.09 bits per heavy atom. The molecular weight excluding hydrogens is 137 g/mol. The zero-order valence-corrected chi connectivity index (χ0v) is 6.74. The van der Waals surface area contributed by atoms with Crippen molar-refractivity contribution >= 4 is 13.3 Å². The average Bonchev–Trinajstić information content (AvgIpc) is 1.94. The third-order valence-corrected chi connectivity index (χ3v) is 1.52. The normalized spacial score (nSPS) is 10.5. The third-order valence-electron chi connectivity index (χ3n) is 1.52. The average molecular weight is 147 g/mol. The Morgan fingerprint density at radius 1 is 1.45 bits per heavy atom. The zero-order valence-electron chi connectivity index (χ0n) is 6.74. The van der Waals surface area contributed by atoms with Gasteiger partial charge in [0.15, 0.2) is 0 Å². The van der Waals surface area contributed by atoms with Crippen LogP contribution in [-0.2, 0) is 0 Å². The molecule has 2 radical (unpaired) electrons. The highest BCUT2D eigenvalue weighted by atomic mass is 16.1. The second-order valence-corrected chi connectivity index (χ2v) is 2.80. The fourth-order valence-corrected chi connectivity index (χ4v) is 0.924. The summed E-state index contributed by atoms with van der Waals surface area (Å²) in [5, 5.41) is 0. The van der Waals surface area contributed by atoms with Gasteiger partial charge >= 0.3 is 0 Å². The van der Waals surface area contributed by atoms with Crippen molar-refractivity contribution in [2.45, 2.75) is 19.9 Å². The molecular formula is C8H10BNO. The van der Waals surface area contributed by atoms with Crippen LogP contribution in [-0.4, -0.2) is 12.4 Å². The van der Waals surface area contributed by atoms with Crippen molar-refractivity contribution in [2.24, 2.45) is 0 Å². The standard InChI is InChI=1S/C8H10BNO/c1-6(2)10-5-7(9)3-4-8(10)11/h3-6H,1-2H3. The summed E-state index contributed by atoms with van der Waals surface area (Å²) in [5.41, 5.74) is 0.618. The van der Waals surface area contributed by atoms with Crippen LogP contribution in [0.3, 0.4) is 0 Å². The van der Waals surface area contributed by atoms with Crippen molar-refractivity contribution in [3.8, 4) is 0 Å². The van der Waals surface area contributed by atoms with Gasteiger partial charge in [0, 0.05) is 18.3 Å². The Morgan fingerprint density at radius 3 is 2.55 bits per heavy atom. The largest absolute Gasteiger partial charge is 0.314 e. The first kappa shape index (κ1) is 8.11. The van der Waals surface area contributed by atoms with Gasteiger partial charge in [0.25, 0.3) is 5.56 Å². The molecule has 3 heteroatoms. The fraction of sp³-hybridized carbons (Fsp3) is 0.375. The number of nitrogens with zero attached hydrogens (tertiary/aromatic N) is 1. The highest BCUT2D eigenvalue weighted by Gasteiger charge is 1.98. The first-order chi connectivity index (χ1) is 5.11. The van der Waals surface area contributed by atoms with Gasteiger partial charge in [0.1, 0.15) is 7.85 Å². The Bertz CT molecular complexity index is 303. The van der Waals surface area contributed by atoms with Gasteiger partial charge in [0.05, 0.1) is 0 Å². The molecule has 0 atom stereocenters. The summed E-state index contributed by atoms with van der Waals surface area (Å²) >= 11 is 0. The molecule has 11 heavy (non-hydrogen) atoms. The lowest BCUT2D eigenvalue weighted by atomic mass is 9.99. The molecule has 56 valence electrons. The molecule has 0 saturated carbocycles. The molecule has 0 saturated heterocycles. The molecule has 1 aromatic heterocycles. The van der Waals surface area contributed by atoms with E-state index in [1.54, 1.807) is 16.8 Å². The number of aromatic nitrogens is 1. The van der Waals surface area contributed by atoms with E-state index in [4.69, 9.17) is 7.85 Å². The minimum atomic E-state index is -0.00537. The van der Waals surface area contributed by atoms with E-state index in [1.165, 1.54) is 6.07 Å². The molecule has 0 bridgehead atoms. The van der Waals surface area contributed by atoms with Crippen LogP contribution < -0.4 is 11.0 Å². The molecule has 0 unspecified atom stereocenters. The van der Waals surface area contributed by atoms with Crippen LogP contribution in [0.25, 0.3) is 0 Å². The summed E-state index contributed by atoms with van der Waals surface area (Å²) in [6, 6.07) is 3.27. The second-order valence-electron chi connectivity index (χ2n) is 2.80. The lowest BCUT2D eigenvalue weighted by Gasteiger charge is -2.09. The van der Waals surface area contributed by atoms with E-state index in [0.717, 1.165) is 0 Å². The van der Waals surface area contributed by atoms with E-state index in [2.05, 4.69) is 0 Å². The topological polar surface area (TPSA) is 22.0 Å². The second kappa shape index (κ2) is 2.95. The molecule has 0 amide bonds. The molecule has 1 rings (SSSR count). The van der Waals surface area contributed by atoms with Crippen LogP contribution in [0.2, 0.25) is 0 Å². The number of pyridine rings is 1. The summed E-state index contributed by atoms with van der Waals surface area (Å²) < 4.78 is 1.61. The first-order valence-corrected chi connectivity index (χ1v) is 3.59. The maximum absolute atomic E-state index is 11.1. The van der Waals surface area contributed by atoms with Crippen molar-refractivity contribution in [3.05, 3.63) is 28.7 Å². The van der Waals surface area contributed by atoms with Gasteiger partial charge in [-0.25, -0.2) is 0 Å². The minimum Gasteiger partial charge on any atom is -0.314 e. The highest BCUT2D eigenvalue weighted by Crippen LogP contribution is 1.95. The van der Waals surface area contributed by atoms with Crippen LogP contribution in [0.5, 0.6) is 0 Å². The first-order valence-electron chi connectivity index (χ1n) is 3.59. The van der Waals surface area contributed by atoms with Gasteiger partial charge in [-0.15, -0.1) is 0 Å². The Labute approximate surface area is 67.3 Å². The SMILES string of the molecule is [B]c1ccc(=O)n(C(C)C)c1. The number of rotatable bonds is 1. The Hall–Kier alpha value is -0.985. The van der Waals surface area contributed by atoms with Crippen molar-refractivity contribution in [2.75, 3.05) is 0 Å². The molecule has 0 aliphatic rings. The van der Waals surface area contributed by atoms with Gasteiger partial charge in [-0.3, -0.25) is 4.79 Å². The molecule has 0 aromatic carbocycles. The van der Waals surface area contributed by atoms with Crippen LogP contribution in [0.15, 0.2) is 23.1 Å². The summed E-state index contributed by atoms with van der Waals surface area (Å²) in [4.78, 5) is 11.1. The van der Waals surface area contributed by atoms with Gasteiger partial charge in [0.2, 0.25) is 0 Å². The molecule has 0 spiro atoms. The Kier molecular flexibility index (Phi) is 2.18. The number of hydrogen-bond acceptors (Lipinski definition) is 1.